The highest BCUT2D eigenvalue weighted by molar-refractivity contribution is 5.96. The molecule has 1 aliphatic rings. The van der Waals surface area contributed by atoms with E-state index in [2.05, 4.69) is 68.6 Å². The third kappa shape index (κ3) is 3.55. The topological polar surface area (TPSA) is 32.3 Å². The van der Waals surface area contributed by atoms with Crippen molar-refractivity contribution in [3.63, 3.8) is 0 Å². The first-order chi connectivity index (χ1) is 11.9. The molecule has 1 N–H and O–H groups in total. The van der Waals surface area contributed by atoms with E-state index in [1.807, 2.05) is 18.7 Å². The molecule has 2 aromatic rings. The Balaban J connectivity index is 1.98. The number of nitrogens with zero attached hydrogens (tertiary/aromatic N) is 1. The van der Waals surface area contributed by atoms with E-state index < -0.39 is 0 Å². The molecule has 0 radical (unpaired) electrons. The summed E-state index contributed by atoms with van der Waals surface area (Å²) >= 11 is 0. The fraction of sp³-hybridized carbons (Fsp3) is 0.409. The van der Waals surface area contributed by atoms with E-state index in [1.165, 1.54) is 16.7 Å². The Hall–Kier alpha value is -2.29. The van der Waals surface area contributed by atoms with Crippen LogP contribution >= 0.6 is 0 Å². The van der Waals surface area contributed by atoms with Crippen molar-refractivity contribution in [3.8, 4) is 0 Å². The van der Waals surface area contributed by atoms with Crippen molar-refractivity contribution in [1.82, 2.24) is 0 Å². The van der Waals surface area contributed by atoms with E-state index in [9.17, 15) is 4.79 Å². The molecule has 1 aliphatic heterocycles. The number of hydrogen-bond donors (Lipinski definition) is 1. The molecular formula is C22H28N2O. The van der Waals surface area contributed by atoms with Gasteiger partial charge in [0.1, 0.15) is 0 Å². The van der Waals surface area contributed by atoms with Gasteiger partial charge in [0.2, 0.25) is 5.91 Å². The van der Waals surface area contributed by atoms with Crippen molar-refractivity contribution >= 4 is 17.3 Å². The number of carbonyl (C=O) groups excluding carboxylic acids is 1. The molecule has 0 aliphatic carbocycles. The summed E-state index contributed by atoms with van der Waals surface area (Å²) in [4.78, 5) is 14.8. The van der Waals surface area contributed by atoms with Crippen LogP contribution in [0, 0.1) is 19.8 Å². The largest absolute Gasteiger partial charge is 0.378 e. The quantitative estimate of drug-likeness (QED) is 0.831. The summed E-state index contributed by atoms with van der Waals surface area (Å²) in [5.74, 6) is 0.199. The Kier molecular flexibility index (Phi) is 4.85. The van der Waals surface area contributed by atoms with Gasteiger partial charge in [0, 0.05) is 23.3 Å². The van der Waals surface area contributed by atoms with Gasteiger partial charge in [-0.25, -0.2) is 0 Å². The first kappa shape index (κ1) is 17.5. The molecule has 1 heterocycles. The maximum Gasteiger partial charge on any atom is 0.229 e. The fourth-order valence-electron chi connectivity index (χ4n) is 3.59. The predicted molar refractivity (Wildman–Crippen MR) is 105 cm³/mol. The van der Waals surface area contributed by atoms with Crippen LogP contribution in [-0.4, -0.2) is 11.9 Å². The molecule has 0 bridgehead atoms. The molecular weight excluding hydrogens is 308 g/mol. The molecule has 0 aromatic heterocycles. The smallest absolute Gasteiger partial charge is 0.229 e. The highest BCUT2D eigenvalue weighted by atomic mass is 16.2. The Bertz CT molecular complexity index is 764. The molecule has 25 heavy (non-hydrogen) atoms. The summed E-state index contributed by atoms with van der Waals surface area (Å²) in [5.41, 5.74) is 5.87. The maximum atomic E-state index is 12.8. The first-order valence-corrected chi connectivity index (χ1v) is 9.13. The Morgan fingerprint density at radius 3 is 2.36 bits per heavy atom. The van der Waals surface area contributed by atoms with Gasteiger partial charge in [0.15, 0.2) is 0 Å². The van der Waals surface area contributed by atoms with E-state index in [1.54, 1.807) is 0 Å². The van der Waals surface area contributed by atoms with E-state index in [0.29, 0.717) is 0 Å². The molecule has 0 saturated carbocycles. The van der Waals surface area contributed by atoms with Crippen LogP contribution < -0.4 is 10.2 Å². The standard InChI is InChI=1S/C22H28N2O/c1-14(2)22(25)24-17(5)13-20(19-12-16(4)8-11-21(19)24)23-18-9-6-15(3)7-10-18/h6-12,14,17,20,23H,13H2,1-5H3. The van der Waals surface area contributed by atoms with Gasteiger partial charge in [0.05, 0.1) is 6.04 Å². The minimum Gasteiger partial charge on any atom is -0.378 e. The van der Waals surface area contributed by atoms with Crippen molar-refractivity contribution < 1.29 is 4.79 Å². The number of fused-ring (bicyclic) bond motifs is 1. The van der Waals surface area contributed by atoms with Gasteiger partial charge in [-0.1, -0.05) is 49.2 Å². The lowest BCUT2D eigenvalue weighted by Crippen LogP contribution is -2.46. The van der Waals surface area contributed by atoms with Crippen LogP contribution in [0.2, 0.25) is 0 Å². The molecule has 132 valence electrons. The summed E-state index contributed by atoms with van der Waals surface area (Å²) in [6.07, 6.45) is 0.906. The van der Waals surface area contributed by atoms with Crippen molar-refractivity contribution in [2.24, 2.45) is 5.92 Å². The zero-order valence-electron chi connectivity index (χ0n) is 15.8. The van der Waals surface area contributed by atoms with Crippen LogP contribution in [0.5, 0.6) is 0 Å². The highest BCUT2D eigenvalue weighted by Crippen LogP contribution is 2.40. The molecule has 1 amide bonds. The van der Waals surface area contributed by atoms with Crippen molar-refractivity contribution in [1.29, 1.82) is 0 Å². The van der Waals surface area contributed by atoms with Gasteiger partial charge in [-0.15, -0.1) is 0 Å². The summed E-state index contributed by atoms with van der Waals surface area (Å²) in [7, 11) is 0. The average molecular weight is 336 g/mol. The number of carbonyl (C=O) groups is 1. The number of rotatable bonds is 3. The summed E-state index contributed by atoms with van der Waals surface area (Å²) < 4.78 is 0. The minimum absolute atomic E-state index is 0.00166. The molecule has 3 rings (SSSR count). The Morgan fingerprint density at radius 1 is 1.08 bits per heavy atom. The van der Waals surface area contributed by atoms with Crippen molar-refractivity contribution in [2.45, 2.75) is 53.1 Å². The zero-order chi connectivity index (χ0) is 18.1. The molecule has 0 saturated heterocycles. The maximum absolute atomic E-state index is 12.8. The lowest BCUT2D eigenvalue weighted by molar-refractivity contribution is -0.122. The van der Waals surface area contributed by atoms with Gasteiger partial charge >= 0.3 is 0 Å². The summed E-state index contributed by atoms with van der Waals surface area (Å²) in [6, 6.07) is 15.3. The van der Waals surface area contributed by atoms with Crippen molar-refractivity contribution in [3.05, 3.63) is 59.2 Å². The number of aryl methyl sites for hydroxylation is 2. The normalized spacial score (nSPS) is 19.7. The lowest BCUT2D eigenvalue weighted by atomic mass is 9.89. The predicted octanol–water partition coefficient (Wildman–Crippen LogP) is 5.24. The second-order valence-electron chi connectivity index (χ2n) is 7.57. The van der Waals surface area contributed by atoms with E-state index in [-0.39, 0.29) is 23.9 Å². The molecule has 3 nitrogen and oxygen atoms in total. The Morgan fingerprint density at radius 2 is 1.72 bits per heavy atom. The fourth-order valence-corrected chi connectivity index (χ4v) is 3.59. The van der Waals surface area contributed by atoms with Crippen LogP contribution in [0.1, 0.15) is 49.9 Å². The monoisotopic (exact) mass is 336 g/mol. The van der Waals surface area contributed by atoms with Gasteiger partial charge in [-0.05, 0) is 51.0 Å². The molecule has 0 fully saturated rings. The lowest BCUT2D eigenvalue weighted by Gasteiger charge is -2.41. The van der Waals surface area contributed by atoms with Crippen LogP contribution in [0.3, 0.4) is 0 Å². The minimum atomic E-state index is -0.00166. The summed E-state index contributed by atoms with van der Waals surface area (Å²) in [6.45, 7) is 10.3. The third-order valence-corrected chi connectivity index (χ3v) is 4.96. The Labute approximate surface area is 151 Å². The van der Waals surface area contributed by atoms with Gasteiger partial charge in [-0.2, -0.15) is 0 Å². The first-order valence-electron chi connectivity index (χ1n) is 9.13. The van der Waals surface area contributed by atoms with Gasteiger partial charge < -0.3 is 10.2 Å². The average Bonchev–Trinajstić information content (AvgIpc) is 2.57. The SMILES string of the molecule is Cc1ccc(NC2CC(C)N(C(=O)C(C)C)c3ccc(C)cc32)cc1. The second kappa shape index (κ2) is 6.91. The zero-order valence-corrected chi connectivity index (χ0v) is 15.8. The summed E-state index contributed by atoms with van der Waals surface area (Å²) in [5, 5.41) is 3.67. The number of anilines is 2. The van der Waals surface area contributed by atoms with Crippen LogP contribution in [0.15, 0.2) is 42.5 Å². The molecule has 2 aromatic carbocycles. The molecule has 3 heteroatoms. The third-order valence-electron chi connectivity index (χ3n) is 4.96. The molecule has 2 unspecified atom stereocenters. The van der Waals surface area contributed by atoms with Crippen LogP contribution in [0.4, 0.5) is 11.4 Å². The number of amides is 1. The van der Waals surface area contributed by atoms with Gasteiger partial charge in [0.25, 0.3) is 0 Å². The number of nitrogens with one attached hydrogen (secondary N) is 1. The number of hydrogen-bond acceptors (Lipinski definition) is 2. The highest BCUT2D eigenvalue weighted by Gasteiger charge is 2.34. The number of benzene rings is 2. The molecule has 2 atom stereocenters. The van der Waals surface area contributed by atoms with E-state index in [4.69, 9.17) is 0 Å². The van der Waals surface area contributed by atoms with Crippen LogP contribution in [0.25, 0.3) is 0 Å². The van der Waals surface area contributed by atoms with Gasteiger partial charge in [-0.3, -0.25) is 4.79 Å². The van der Waals surface area contributed by atoms with E-state index >= 15 is 0 Å². The van der Waals surface area contributed by atoms with Crippen molar-refractivity contribution in [2.75, 3.05) is 10.2 Å². The second-order valence-corrected chi connectivity index (χ2v) is 7.57. The van der Waals surface area contributed by atoms with E-state index in [0.717, 1.165) is 17.8 Å². The van der Waals surface area contributed by atoms with Crippen LogP contribution in [-0.2, 0) is 4.79 Å². The molecule has 0 spiro atoms.